The summed E-state index contributed by atoms with van der Waals surface area (Å²) in [6.45, 7) is 3.10. The number of carbonyl (C=O) groups is 2. The summed E-state index contributed by atoms with van der Waals surface area (Å²) in [5.74, 6) is -1.88. The maximum Gasteiger partial charge on any atom is 0.295 e. The van der Waals surface area contributed by atoms with Gasteiger partial charge in [-0.15, -0.1) is 0 Å². The van der Waals surface area contributed by atoms with Crippen molar-refractivity contribution in [2.45, 2.75) is 31.9 Å². The Morgan fingerprint density at radius 2 is 1.94 bits per heavy atom. The van der Waals surface area contributed by atoms with Crippen LogP contribution in [0.3, 0.4) is 0 Å². The third-order valence-corrected chi connectivity index (χ3v) is 5.60. The Bertz CT molecular complexity index is 1010. The summed E-state index contributed by atoms with van der Waals surface area (Å²) < 4.78 is 25.8. The topological polar surface area (TPSA) is 76.1 Å². The monoisotopic (exact) mass is 425 g/mol. The number of rotatable bonds is 6. The minimum atomic E-state index is -1.03. The summed E-state index contributed by atoms with van der Waals surface area (Å²) >= 11 is 0. The lowest BCUT2D eigenvalue weighted by atomic mass is 9.94. The van der Waals surface area contributed by atoms with Crippen molar-refractivity contribution >= 4 is 17.4 Å². The molecule has 0 aliphatic carbocycles. The second-order valence-corrected chi connectivity index (χ2v) is 7.57. The lowest BCUT2D eigenvalue weighted by Crippen LogP contribution is -2.36. The molecule has 2 aromatic rings. The van der Waals surface area contributed by atoms with Crippen molar-refractivity contribution in [3.05, 3.63) is 71.0 Å². The van der Waals surface area contributed by atoms with Crippen LogP contribution in [0.15, 0.2) is 54.1 Å². The number of ketones is 1. The second kappa shape index (κ2) is 8.89. The van der Waals surface area contributed by atoms with Crippen molar-refractivity contribution in [3.8, 4) is 5.75 Å². The highest BCUT2D eigenvalue weighted by atomic mass is 19.1. The number of carbonyl (C=O) groups excluding carboxylic acids is 2. The zero-order valence-corrected chi connectivity index (χ0v) is 17.2. The van der Waals surface area contributed by atoms with Gasteiger partial charge in [0, 0.05) is 24.3 Å². The molecule has 2 atom stereocenters. The molecule has 2 saturated heterocycles. The predicted octanol–water partition coefficient (Wildman–Crippen LogP) is 3.83. The highest BCUT2D eigenvalue weighted by Gasteiger charge is 2.47. The standard InChI is InChI=1S/C24H24FNO5/c1-2-30-16-11-9-15(10-12-16)22(27)20-21(18-7-3-4-8-19(18)25)26(24(29)23(20)28)14-17-6-5-13-31-17/h3-4,7-12,17,21,27H,2,5-6,13-14H2,1H3. The molecule has 6 nitrogen and oxygen atoms in total. The highest BCUT2D eigenvalue weighted by molar-refractivity contribution is 6.46. The molecule has 2 aliphatic rings. The molecule has 2 unspecified atom stereocenters. The number of halogens is 1. The first-order valence-corrected chi connectivity index (χ1v) is 10.4. The van der Waals surface area contributed by atoms with Crippen LogP contribution < -0.4 is 4.74 Å². The molecular weight excluding hydrogens is 401 g/mol. The van der Waals surface area contributed by atoms with Crippen molar-refractivity contribution in [3.63, 3.8) is 0 Å². The third kappa shape index (κ3) is 4.05. The minimum absolute atomic E-state index is 0.128. The number of nitrogens with zero attached hydrogens (tertiary/aromatic N) is 1. The van der Waals surface area contributed by atoms with Gasteiger partial charge in [-0.1, -0.05) is 18.2 Å². The molecule has 0 bridgehead atoms. The first-order valence-electron chi connectivity index (χ1n) is 10.4. The van der Waals surface area contributed by atoms with E-state index in [9.17, 15) is 19.1 Å². The van der Waals surface area contributed by atoms with Gasteiger partial charge < -0.3 is 19.5 Å². The average molecular weight is 425 g/mol. The lowest BCUT2D eigenvalue weighted by molar-refractivity contribution is -0.140. The summed E-state index contributed by atoms with van der Waals surface area (Å²) in [5.41, 5.74) is 0.379. The zero-order chi connectivity index (χ0) is 22.0. The molecule has 2 aromatic carbocycles. The molecule has 7 heteroatoms. The van der Waals surface area contributed by atoms with Gasteiger partial charge in [-0.25, -0.2) is 4.39 Å². The Morgan fingerprint density at radius 1 is 1.19 bits per heavy atom. The van der Waals surface area contributed by atoms with Crippen LogP contribution >= 0.6 is 0 Å². The second-order valence-electron chi connectivity index (χ2n) is 7.57. The van der Waals surface area contributed by atoms with E-state index in [4.69, 9.17) is 9.47 Å². The van der Waals surface area contributed by atoms with E-state index in [1.54, 1.807) is 30.3 Å². The molecule has 1 N–H and O–H groups in total. The largest absolute Gasteiger partial charge is 0.507 e. The van der Waals surface area contributed by atoms with Crippen LogP contribution in [-0.2, 0) is 14.3 Å². The highest BCUT2D eigenvalue weighted by Crippen LogP contribution is 2.41. The Balaban J connectivity index is 1.79. The van der Waals surface area contributed by atoms with Gasteiger partial charge in [0.2, 0.25) is 0 Å². The molecule has 0 saturated carbocycles. The van der Waals surface area contributed by atoms with E-state index in [0.29, 0.717) is 24.5 Å². The fraction of sp³-hybridized carbons (Fsp3) is 0.333. The van der Waals surface area contributed by atoms with Crippen molar-refractivity contribution in [2.75, 3.05) is 19.8 Å². The number of aliphatic hydroxyl groups is 1. The van der Waals surface area contributed by atoms with Crippen LogP contribution in [0.5, 0.6) is 5.75 Å². The average Bonchev–Trinajstić information content (AvgIpc) is 3.37. The maximum atomic E-state index is 14.8. The van der Waals surface area contributed by atoms with E-state index >= 15 is 0 Å². The SMILES string of the molecule is CCOc1ccc(C(O)=C2C(=O)C(=O)N(CC3CCCO3)C2c2ccccc2F)cc1. The number of hydrogen-bond donors (Lipinski definition) is 1. The van der Waals surface area contributed by atoms with Crippen molar-refractivity contribution in [2.24, 2.45) is 0 Å². The number of Topliss-reactive ketones (excluding diaryl/α,β-unsaturated/α-hetero) is 1. The van der Waals surface area contributed by atoms with Crippen LogP contribution in [0.4, 0.5) is 4.39 Å². The van der Waals surface area contributed by atoms with Crippen LogP contribution in [0.2, 0.25) is 0 Å². The number of hydrogen-bond acceptors (Lipinski definition) is 5. The first kappa shape index (κ1) is 21.1. The number of aliphatic hydroxyl groups excluding tert-OH is 1. The van der Waals surface area contributed by atoms with Gasteiger partial charge in [0.1, 0.15) is 17.3 Å². The van der Waals surface area contributed by atoms with Gasteiger partial charge >= 0.3 is 0 Å². The van der Waals surface area contributed by atoms with Gasteiger partial charge in [-0.05, 0) is 50.1 Å². The number of amides is 1. The molecule has 2 heterocycles. The fourth-order valence-electron chi connectivity index (χ4n) is 4.13. The van der Waals surface area contributed by atoms with Crippen molar-refractivity contribution in [1.82, 2.24) is 4.90 Å². The Hall–Kier alpha value is -3.19. The summed E-state index contributed by atoms with van der Waals surface area (Å²) in [4.78, 5) is 27.2. The van der Waals surface area contributed by atoms with Gasteiger partial charge in [-0.2, -0.15) is 0 Å². The van der Waals surface area contributed by atoms with Crippen molar-refractivity contribution < 1.29 is 28.6 Å². The smallest absolute Gasteiger partial charge is 0.295 e. The van der Waals surface area contributed by atoms with Crippen LogP contribution in [0.25, 0.3) is 5.76 Å². The van der Waals surface area contributed by atoms with Crippen LogP contribution in [0, 0.1) is 5.82 Å². The Kier molecular flexibility index (Phi) is 6.04. The lowest BCUT2D eigenvalue weighted by Gasteiger charge is -2.27. The number of benzene rings is 2. The van der Waals surface area contributed by atoms with Gasteiger partial charge in [0.15, 0.2) is 0 Å². The summed E-state index contributed by atoms with van der Waals surface area (Å²) in [7, 11) is 0. The van der Waals surface area contributed by atoms with Gasteiger partial charge in [-0.3, -0.25) is 9.59 Å². The molecule has 1 amide bonds. The van der Waals surface area contributed by atoms with E-state index in [-0.39, 0.29) is 29.5 Å². The summed E-state index contributed by atoms with van der Waals surface area (Å²) in [5, 5.41) is 11.0. The van der Waals surface area contributed by atoms with E-state index < -0.39 is 23.5 Å². The van der Waals surface area contributed by atoms with E-state index in [2.05, 4.69) is 0 Å². The zero-order valence-electron chi connectivity index (χ0n) is 17.2. The van der Waals surface area contributed by atoms with E-state index in [1.165, 1.54) is 23.1 Å². The molecular formula is C24H24FNO5. The molecule has 0 aromatic heterocycles. The molecule has 0 radical (unpaired) electrons. The van der Waals surface area contributed by atoms with Gasteiger partial charge in [0.25, 0.3) is 11.7 Å². The normalized spacial score (nSPS) is 22.8. The van der Waals surface area contributed by atoms with Crippen LogP contribution in [-0.4, -0.2) is 47.6 Å². The quantitative estimate of drug-likeness (QED) is 0.433. The summed E-state index contributed by atoms with van der Waals surface area (Å²) in [6.07, 6.45) is 1.40. The Labute approximate surface area is 179 Å². The van der Waals surface area contributed by atoms with Crippen LogP contribution in [0.1, 0.15) is 36.9 Å². The fourth-order valence-corrected chi connectivity index (χ4v) is 4.13. The molecule has 0 spiro atoms. The number of likely N-dealkylation sites (tertiary alicyclic amines) is 1. The molecule has 4 rings (SSSR count). The predicted molar refractivity (Wildman–Crippen MR) is 112 cm³/mol. The molecule has 2 aliphatic heterocycles. The molecule has 162 valence electrons. The first-order chi connectivity index (χ1) is 15.0. The maximum absolute atomic E-state index is 14.8. The van der Waals surface area contributed by atoms with Gasteiger partial charge in [0.05, 0.1) is 24.3 Å². The number of ether oxygens (including phenoxy) is 2. The van der Waals surface area contributed by atoms with Crippen molar-refractivity contribution in [1.29, 1.82) is 0 Å². The third-order valence-electron chi connectivity index (χ3n) is 5.60. The Morgan fingerprint density at radius 3 is 2.58 bits per heavy atom. The molecule has 31 heavy (non-hydrogen) atoms. The molecule has 2 fully saturated rings. The van der Waals surface area contributed by atoms with E-state index in [0.717, 1.165) is 12.8 Å². The van der Waals surface area contributed by atoms with E-state index in [1.807, 2.05) is 6.92 Å². The minimum Gasteiger partial charge on any atom is -0.507 e. The summed E-state index contributed by atoms with van der Waals surface area (Å²) in [6, 6.07) is 11.5.